The number of nitro groups is 1. The lowest BCUT2D eigenvalue weighted by Crippen LogP contribution is -2.47. The van der Waals surface area contributed by atoms with Gasteiger partial charge in [-0.25, -0.2) is 0 Å². The summed E-state index contributed by atoms with van der Waals surface area (Å²) in [5, 5.41) is 21.8. The van der Waals surface area contributed by atoms with E-state index in [1.807, 2.05) is 37.3 Å². The first-order chi connectivity index (χ1) is 12.5. The molecule has 6 nitrogen and oxygen atoms in total. The normalized spacial score (nSPS) is 16.5. The van der Waals surface area contributed by atoms with Gasteiger partial charge in [-0.3, -0.25) is 15.0 Å². The van der Waals surface area contributed by atoms with Gasteiger partial charge in [0.05, 0.1) is 21.7 Å². The Labute approximate surface area is 157 Å². The molecular formula is C19H22ClN3O3. The Morgan fingerprint density at radius 1 is 1.19 bits per heavy atom. The predicted octanol–water partition coefficient (Wildman–Crippen LogP) is 3.41. The molecule has 7 heteroatoms. The summed E-state index contributed by atoms with van der Waals surface area (Å²) in [4.78, 5) is 14.9. The highest BCUT2D eigenvalue weighted by Gasteiger charge is 2.24. The zero-order valence-electron chi connectivity index (χ0n) is 14.6. The molecule has 3 rings (SSSR count). The van der Waals surface area contributed by atoms with Crippen LogP contribution in [0, 0.1) is 17.0 Å². The van der Waals surface area contributed by atoms with E-state index < -0.39 is 11.0 Å². The van der Waals surface area contributed by atoms with Gasteiger partial charge in [-0.2, -0.15) is 0 Å². The SMILES string of the molecule is Cc1cc([N+](=O)[O-])cc(Cl)c1N1CCN(CC(O)c2ccccc2)CC1. The molecule has 138 valence electrons. The lowest BCUT2D eigenvalue weighted by molar-refractivity contribution is -0.384. The molecule has 26 heavy (non-hydrogen) atoms. The summed E-state index contributed by atoms with van der Waals surface area (Å²) in [7, 11) is 0. The van der Waals surface area contributed by atoms with E-state index in [9.17, 15) is 15.2 Å². The predicted molar refractivity (Wildman–Crippen MR) is 103 cm³/mol. The van der Waals surface area contributed by atoms with E-state index in [0.29, 0.717) is 11.6 Å². The van der Waals surface area contributed by atoms with E-state index >= 15 is 0 Å². The molecule has 1 heterocycles. The maximum Gasteiger partial charge on any atom is 0.271 e. The number of β-amino-alcohol motifs (C(OH)–C–C–N with tert-alkyl or cyclic N) is 1. The summed E-state index contributed by atoms with van der Waals surface area (Å²) in [6, 6.07) is 12.6. The van der Waals surface area contributed by atoms with Crippen LogP contribution >= 0.6 is 11.6 Å². The number of aliphatic hydroxyl groups is 1. The zero-order valence-corrected chi connectivity index (χ0v) is 15.4. The third kappa shape index (κ3) is 4.15. The number of aryl methyl sites for hydroxylation is 1. The molecular weight excluding hydrogens is 354 g/mol. The van der Waals surface area contributed by atoms with Crippen molar-refractivity contribution < 1.29 is 10.0 Å². The molecule has 1 aliphatic rings. The number of halogens is 1. The third-order valence-electron chi connectivity index (χ3n) is 4.75. The smallest absolute Gasteiger partial charge is 0.271 e. The third-order valence-corrected chi connectivity index (χ3v) is 5.04. The van der Waals surface area contributed by atoms with E-state index in [-0.39, 0.29) is 5.69 Å². The molecule has 1 saturated heterocycles. The average molecular weight is 376 g/mol. The summed E-state index contributed by atoms with van der Waals surface area (Å²) in [5.74, 6) is 0. The maximum absolute atomic E-state index is 11.0. The molecule has 1 unspecified atom stereocenters. The fraction of sp³-hybridized carbons (Fsp3) is 0.368. The second-order valence-corrected chi connectivity index (χ2v) is 6.97. The molecule has 0 bridgehead atoms. The van der Waals surface area contributed by atoms with Crippen LogP contribution in [0.15, 0.2) is 42.5 Å². The second-order valence-electron chi connectivity index (χ2n) is 6.56. The average Bonchev–Trinajstić information content (AvgIpc) is 2.63. The standard InChI is InChI=1S/C19H22ClN3O3/c1-14-11-16(23(25)26)12-17(20)19(14)22-9-7-21(8-10-22)13-18(24)15-5-3-2-4-6-15/h2-6,11-12,18,24H,7-10,13H2,1H3. The number of hydrogen-bond acceptors (Lipinski definition) is 5. The number of rotatable bonds is 5. The molecule has 1 aliphatic heterocycles. The quantitative estimate of drug-likeness (QED) is 0.640. The summed E-state index contributed by atoms with van der Waals surface area (Å²) in [6.07, 6.45) is -0.507. The van der Waals surface area contributed by atoms with Gasteiger partial charge >= 0.3 is 0 Å². The Bertz CT molecular complexity index is 754. The highest BCUT2D eigenvalue weighted by atomic mass is 35.5. The monoisotopic (exact) mass is 375 g/mol. The van der Waals surface area contributed by atoms with E-state index in [0.717, 1.165) is 43.0 Å². The fourth-order valence-corrected chi connectivity index (χ4v) is 3.78. The molecule has 1 N–H and O–H groups in total. The molecule has 2 aromatic carbocycles. The summed E-state index contributed by atoms with van der Waals surface area (Å²) in [6.45, 7) is 5.57. The van der Waals surface area contributed by atoms with Gasteiger partial charge in [0.15, 0.2) is 0 Å². The topological polar surface area (TPSA) is 69.9 Å². The van der Waals surface area contributed by atoms with Gasteiger partial charge < -0.3 is 10.0 Å². The molecule has 0 saturated carbocycles. The number of nitro benzene ring substituents is 1. The Morgan fingerprint density at radius 2 is 1.85 bits per heavy atom. The Hall–Kier alpha value is -2.15. The van der Waals surface area contributed by atoms with Crippen molar-refractivity contribution in [1.82, 2.24) is 4.90 Å². The second kappa shape index (κ2) is 8.03. The van der Waals surface area contributed by atoms with Crippen LogP contribution in [0.3, 0.4) is 0 Å². The molecule has 0 aliphatic carbocycles. The molecule has 2 aromatic rings. The van der Waals surface area contributed by atoms with Gasteiger partial charge in [0.25, 0.3) is 5.69 Å². The van der Waals surface area contributed by atoms with Crippen molar-refractivity contribution in [1.29, 1.82) is 0 Å². The molecule has 0 amide bonds. The van der Waals surface area contributed by atoms with Crippen LogP contribution in [0.2, 0.25) is 5.02 Å². The number of non-ortho nitro benzene ring substituents is 1. The van der Waals surface area contributed by atoms with E-state index in [4.69, 9.17) is 11.6 Å². The molecule has 1 fully saturated rings. The Morgan fingerprint density at radius 3 is 2.42 bits per heavy atom. The number of benzene rings is 2. The Balaban J connectivity index is 1.63. The van der Waals surface area contributed by atoms with Crippen molar-refractivity contribution >= 4 is 23.0 Å². The number of hydrogen-bond donors (Lipinski definition) is 1. The van der Waals surface area contributed by atoms with Gasteiger partial charge in [-0.15, -0.1) is 0 Å². The summed E-state index contributed by atoms with van der Waals surface area (Å²) in [5.41, 5.74) is 2.60. The Kier molecular flexibility index (Phi) is 5.76. The van der Waals surface area contributed by atoms with Crippen LogP contribution < -0.4 is 4.90 Å². The van der Waals surface area contributed by atoms with Crippen LogP contribution in [0.25, 0.3) is 0 Å². The van der Waals surface area contributed by atoms with E-state index in [1.165, 1.54) is 6.07 Å². The van der Waals surface area contributed by atoms with Crippen molar-refractivity contribution in [2.45, 2.75) is 13.0 Å². The largest absolute Gasteiger partial charge is 0.387 e. The first-order valence-electron chi connectivity index (χ1n) is 8.60. The van der Waals surface area contributed by atoms with Crippen LogP contribution in [-0.2, 0) is 0 Å². The minimum atomic E-state index is -0.507. The lowest BCUT2D eigenvalue weighted by atomic mass is 10.1. The summed E-state index contributed by atoms with van der Waals surface area (Å²) >= 11 is 6.31. The highest BCUT2D eigenvalue weighted by molar-refractivity contribution is 6.33. The molecule has 0 spiro atoms. The van der Waals surface area contributed by atoms with Gasteiger partial charge in [-0.05, 0) is 18.1 Å². The van der Waals surface area contributed by atoms with Crippen molar-refractivity contribution in [2.75, 3.05) is 37.6 Å². The number of piperazine rings is 1. The van der Waals surface area contributed by atoms with Crippen LogP contribution in [0.5, 0.6) is 0 Å². The molecule has 0 aromatic heterocycles. The summed E-state index contributed by atoms with van der Waals surface area (Å²) < 4.78 is 0. The first-order valence-corrected chi connectivity index (χ1v) is 8.98. The number of nitrogens with zero attached hydrogens (tertiary/aromatic N) is 3. The van der Waals surface area contributed by atoms with Crippen LogP contribution in [0.1, 0.15) is 17.2 Å². The zero-order chi connectivity index (χ0) is 18.7. The minimum absolute atomic E-state index is 0.0147. The van der Waals surface area contributed by atoms with Crippen molar-refractivity contribution in [2.24, 2.45) is 0 Å². The minimum Gasteiger partial charge on any atom is -0.387 e. The number of aliphatic hydroxyl groups excluding tert-OH is 1. The van der Waals surface area contributed by atoms with E-state index in [2.05, 4.69) is 9.80 Å². The van der Waals surface area contributed by atoms with Crippen LogP contribution in [0.4, 0.5) is 11.4 Å². The molecule has 1 atom stereocenters. The van der Waals surface area contributed by atoms with E-state index in [1.54, 1.807) is 6.07 Å². The highest BCUT2D eigenvalue weighted by Crippen LogP contribution is 2.34. The van der Waals surface area contributed by atoms with Crippen molar-refractivity contribution in [3.63, 3.8) is 0 Å². The van der Waals surface area contributed by atoms with Crippen molar-refractivity contribution in [3.8, 4) is 0 Å². The first kappa shape index (κ1) is 18.6. The number of anilines is 1. The van der Waals surface area contributed by atoms with Gasteiger partial charge in [0.1, 0.15) is 0 Å². The molecule has 0 radical (unpaired) electrons. The van der Waals surface area contributed by atoms with Gasteiger partial charge in [-0.1, -0.05) is 41.9 Å². The lowest BCUT2D eigenvalue weighted by Gasteiger charge is -2.37. The van der Waals surface area contributed by atoms with Crippen LogP contribution in [-0.4, -0.2) is 47.7 Å². The maximum atomic E-state index is 11.0. The fourth-order valence-electron chi connectivity index (χ4n) is 3.40. The van der Waals surface area contributed by atoms with Gasteiger partial charge in [0.2, 0.25) is 0 Å². The van der Waals surface area contributed by atoms with Crippen molar-refractivity contribution in [3.05, 3.63) is 68.7 Å². The van der Waals surface area contributed by atoms with Gasteiger partial charge in [0, 0.05) is 44.9 Å².